The summed E-state index contributed by atoms with van der Waals surface area (Å²) in [7, 11) is 0. The van der Waals surface area contributed by atoms with Crippen LogP contribution in [-0.2, 0) is 15.0 Å². The smallest absolute Gasteiger partial charge is 0.309 e. The summed E-state index contributed by atoms with van der Waals surface area (Å²) >= 11 is 1.58. The van der Waals surface area contributed by atoms with Crippen molar-refractivity contribution >= 4 is 23.2 Å². The van der Waals surface area contributed by atoms with Gasteiger partial charge < -0.3 is 16.2 Å². The predicted molar refractivity (Wildman–Crippen MR) is 77.3 cm³/mol. The number of nitrogens with one attached hydrogen (secondary N) is 1. The highest BCUT2D eigenvalue weighted by atomic mass is 32.1. The van der Waals surface area contributed by atoms with Gasteiger partial charge in [0.1, 0.15) is 0 Å². The molecule has 1 fully saturated rings. The van der Waals surface area contributed by atoms with Crippen molar-refractivity contribution in [2.75, 3.05) is 6.54 Å². The van der Waals surface area contributed by atoms with Crippen molar-refractivity contribution in [2.45, 2.75) is 44.1 Å². The molecule has 0 aliphatic heterocycles. The van der Waals surface area contributed by atoms with Gasteiger partial charge in [-0.3, -0.25) is 9.59 Å². The molecule has 0 saturated heterocycles. The van der Waals surface area contributed by atoms with Crippen LogP contribution in [0.25, 0.3) is 0 Å². The molecule has 1 atom stereocenters. The van der Waals surface area contributed by atoms with E-state index >= 15 is 0 Å². The van der Waals surface area contributed by atoms with Gasteiger partial charge in [-0.25, -0.2) is 0 Å². The molecule has 1 aliphatic rings. The Hall–Kier alpha value is -1.40. The van der Waals surface area contributed by atoms with Crippen LogP contribution >= 0.6 is 11.3 Å². The number of primary amides is 1. The second-order valence-corrected chi connectivity index (χ2v) is 6.53. The Kier molecular flexibility index (Phi) is 4.45. The van der Waals surface area contributed by atoms with Gasteiger partial charge >= 0.3 is 11.8 Å². The Morgan fingerprint density at radius 2 is 2.10 bits per heavy atom. The van der Waals surface area contributed by atoms with Crippen LogP contribution in [0.1, 0.15) is 48.5 Å². The molecule has 5 nitrogen and oxygen atoms in total. The van der Waals surface area contributed by atoms with E-state index in [-0.39, 0.29) is 5.41 Å². The van der Waals surface area contributed by atoms with E-state index in [9.17, 15) is 14.7 Å². The highest BCUT2D eigenvalue weighted by Crippen LogP contribution is 2.44. The molecule has 0 bridgehead atoms. The van der Waals surface area contributed by atoms with E-state index in [1.165, 1.54) is 0 Å². The molecule has 1 saturated carbocycles. The van der Waals surface area contributed by atoms with E-state index in [0.717, 1.165) is 35.4 Å². The molecule has 6 heteroatoms. The highest BCUT2D eigenvalue weighted by molar-refractivity contribution is 7.12. The summed E-state index contributed by atoms with van der Waals surface area (Å²) in [5.74, 6) is -1.68. The Morgan fingerprint density at radius 1 is 1.45 bits per heavy atom. The summed E-state index contributed by atoms with van der Waals surface area (Å²) in [6.07, 6.45) is 3.69. The minimum Gasteiger partial charge on any atom is -0.388 e. The number of hydrogen-bond donors (Lipinski definition) is 3. The van der Waals surface area contributed by atoms with E-state index in [0.29, 0.717) is 6.54 Å². The van der Waals surface area contributed by atoms with Crippen molar-refractivity contribution in [3.8, 4) is 0 Å². The lowest BCUT2D eigenvalue weighted by molar-refractivity contribution is -0.137. The lowest BCUT2D eigenvalue weighted by Crippen LogP contribution is -2.43. The van der Waals surface area contributed by atoms with Crippen molar-refractivity contribution in [3.05, 3.63) is 21.9 Å². The van der Waals surface area contributed by atoms with Crippen LogP contribution in [0.3, 0.4) is 0 Å². The maximum absolute atomic E-state index is 11.4. The third kappa shape index (κ3) is 3.02. The van der Waals surface area contributed by atoms with Crippen molar-refractivity contribution in [2.24, 2.45) is 5.73 Å². The van der Waals surface area contributed by atoms with Crippen molar-refractivity contribution in [3.63, 3.8) is 0 Å². The average Bonchev–Trinajstić information content (AvgIpc) is 3.05. The molecule has 4 N–H and O–H groups in total. The topological polar surface area (TPSA) is 92.4 Å². The van der Waals surface area contributed by atoms with Gasteiger partial charge in [-0.15, -0.1) is 11.3 Å². The first kappa shape index (κ1) is 15.0. The van der Waals surface area contributed by atoms with E-state index in [1.807, 2.05) is 12.1 Å². The number of nitrogens with two attached hydrogens (primary N) is 1. The molecule has 2 amide bonds. The van der Waals surface area contributed by atoms with Crippen LogP contribution in [-0.4, -0.2) is 23.5 Å². The number of amides is 2. The van der Waals surface area contributed by atoms with Crippen LogP contribution in [0, 0.1) is 0 Å². The first-order valence-corrected chi connectivity index (χ1v) is 7.62. The maximum Gasteiger partial charge on any atom is 0.309 e. The molecule has 110 valence electrons. The molecule has 0 spiro atoms. The lowest BCUT2D eigenvalue weighted by atomic mass is 9.84. The van der Waals surface area contributed by atoms with E-state index in [2.05, 4.69) is 5.32 Å². The molecule has 1 unspecified atom stereocenters. The zero-order valence-electron chi connectivity index (χ0n) is 11.5. The zero-order valence-corrected chi connectivity index (χ0v) is 12.3. The van der Waals surface area contributed by atoms with Crippen LogP contribution in [0.15, 0.2) is 12.1 Å². The molecule has 1 aromatic heterocycles. The summed E-state index contributed by atoms with van der Waals surface area (Å²) < 4.78 is 0. The molecule has 1 aliphatic carbocycles. The van der Waals surface area contributed by atoms with Crippen molar-refractivity contribution < 1.29 is 14.7 Å². The molecule has 1 heterocycles. The highest BCUT2D eigenvalue weighted by Gasteiger charge is 2.37. The van der Waals surface area contributed by atoms with Crippen LogP contribution < -0.4 is 11.1 Å². The standard InChI is InChI=1S/C14H20N2O3S/c1-9(17)10-4-5-11(20-10)14(6-2-3-7-14)8-16-13(19)12(15)18/h4-5,9,17H,2-3,6-8H2,1H3,(H2,15,18)(H,16,19). The summed E-state index contributed by atoms with van der Waals surface area (Å²) in [6, 6.07) is 3.95. The number of thiophene rings is 1. The van der Waals surface area contributed by atoms with Crippen LogP contribution in [0.4, 0.5) is 0 Å². The number of aliphatic hydroxyl groups excluding tert-OH is 1. The summed E-state index contributed by atoms with van der Waals surface area (Å²) in [5.41, 5.74) is 4.84. The number of carbonyl (C=O) groups excluding carboxylic acids is 2. The minimum absolute atomic E-state index is 0.122. The maximum atomic E-state index is 11.4. The van der Waals surface area contributed by atoms with E-state index in [4.69, 9.17) is 5.73 Å². The van der Waals surface area contributed by atoms with Gasteiger partial charge in [-0.2, -0.15) is 0 Å². The fourth-order valence-electron chi connectivity index (χ4n) is 2.76. The minimum atomic E-state index is -0.950. The van der Waals surface area contributed by atoms with Gasteiger partial charge in [0.25, 0.3) is 0 Å². The van der Waals surface area contributed by atoms with Gasteiger partial charge in [0.2, 0.25) is 0 Å². The third-order valence-corrected chi connectivity index (χ3v) is 5.43. The first-order valence-electron chi connectivity index (χ1n) is 6.80. The zero-order chi connectivity index (χ0) is 14.8. The molecular weight excluding hydrogens is 276 g/mol. The molecule has 20 heavy (non-hydrogen) atoms. The quantitative estimate of drug-likeness (QED) is 0.729. The normalized spacial score (nSPS) is 18.7. The second kappa shape index (κ2) is 5.93. The predicted octanol–water partition coefficient (Wildman–Crippen LogP) is 1.21. The number of aliphatic hydroxyl groups is 1. The van der Waals surface area contributed by atoms with Crippen molar-refractivity contribution in [1.82, 2.24) is 5.32 Å². The molecular formula is C14H20N2O3S. The van der Waals surface area contributed by atoms with Gasteiger partial charge in [-0.1, -0.05) is 12.8 Å². The average molecular weight is 296 g/mol. The Morgan fingerprint density at radius 3 is 2.60 bits per heavy atom. The van der Waals surface area contributed by atoms with Crippen LogP contribution in [0.2, 0.25) is 0 Å². The third-order valence-electron chi connectivity index (χ3n) is 3.93. The Balaban J connectivity index is 2.16. The summed E-state index contributed by atoms with van der Waals surface area (Å²) in [4.78, 5) is 24.3. The van der Waals surface area contributed by atoms with E-state index in [1.54, 1.807) is 18.3 Å². The number of hydrogen-bond acceptors (Lipinski definition) is 4. The summed E-state index contributed by atoms with van der Waals surface area (Å²) in [5, 5.41) is 12.3. The Bertz CT molecular complexity index is 504. The molecule has 1 aromatic rings. The largest absolute Gasteiger partial charge is 0.388 e. The van der Waals surface area contributed by atoms with E-state index < -0.39 is 17.9 Å². The van der Waals surface area contributed by atoms with Gasteiger partial charge in [-0.05, 0) is 31.9 Å². The van der Waals surface area contributed by atoms with Crippen molar-refractivity contribution in [1.29, 1.82) is 0 Å². The number of rotatable bonds is 4. The van der Waals surface area contributed by atoms with Gasteiger partial charge in [0.15, 0.2) is 0 Å². The molecule has 0 radical (unpaired) electrons. The fraction of sp³-hybridized carbons (Fsp3) is 0.571. The molecule has 2 rings (SSSR count). The lowest BCUT2D eigenvalue weighted by Gasteiger charge is -2.28. The molecule has 0 aromatic carbocycles. The fourth-order valence-corrected chi connectivity index (χ4v) is 3.95. The SMILES string of the molecule is CC(O)c1ccc(C2(CNC(=O)C(N)=O)CCCC2)s1. The van der Waals surface area contributed by atoms with Crippen LogP contribution in [0.5, 0.6) is 0 Å². The van der Waals surface area contributed by atoms with Gasteiger partial charge in [0, 0.05) is 21.7 Å². The summed E-state index contributed by atoms with van der Waals surface area (Å²) in [6.45, 7) is 2.17. The first-order chi connectivity index (χ1) is 9.44. The number of carbonyl (C=O) groups is 2. The Labute approximate surface area is 122 Å². The monoisotopic (exact) mass is 296 g/mol. The van der Waals surface area contributed by atoms with Gasteiger partial charge in [0.05, 0.1) is 6.10 Å². The second-order valence-electron chi connectivity index (χ2n) is 5.41.